The fourth-order valence-electron chi connectivity index (χ4n) is 6.05. The lowest BCUT2D eigenvalue weighted by molar-refractivity contribution is -0.134. The third kappa shape index (κ3) is 10.4. The van der Waals surface area contributed by atoms with Crippen LogP contribution in [-0.4, -0.2) is 74.3 Å². The molecule has 6 rings (SSSR count). The lowest BCUT2D eigenvalue weighted by Gasteiger charge is -2.27. The molecule has 5 amide bonds. The molecule has 1 aliphatic carbocycles. The number of sulfonamides is 1. The summed E-state index contributed by atoms with van der Waals surface area (Å²) >= 11 is 0. The summed E-state index contributed by atoms with van der Waals surface area (Å²) in [6, 6.07) is 17.0. The van der Waals surface area contributed by atoms with Crippen LogP contribution in [0.25, 0.3) is 0 Å². The molecule has 0 aromatic heterocycles. The van der Waals surface area contributed by atoms with Gasteiger partial charge in [0.05, 0.1) is 10.9 Å². The molecule has 2 heterocycles. The van der Waals surface area contributed by atoms with Gasteiger partial charge in [0, 0.05) is 12.0 Å². The highest BCUT2D eigenvalue weighted by Crippen LogP contribution is 2.36. The van der Waals surface area contributed by atoms with E-state index in [0.29, 0.717) is 30.6 Å². The van der Waals surface area contributed by atoms with E-state index < -0.39 is 63.4 Å². The molecule has 1 spiro atoms. The minimum atomic E-state index is -4.30. The van der Waals surface area contributed by atoms with Gasteiger partial charge in [-0.15, -0.1) is 0 Å². The number of carbonyl (C=O) groups is 5. The monoisotopic (exact) mass is 746 g/mol. The normalized spacial score (nSPS) is 22.6. The molecule has 3 aromatic rings. The van der Waals surface area contributed by atoms with E-state index >= 15 is 0 Å². The topological polar surface area (TPSA) is 215 Å². The van der Waals surface area contributed by atoms with Crippen LogP contribution in [0.15, 0.2) is 83.8 Å². The van der Waals surface area contributed by atoms with Crippen LogP contribution in [0.4, 0.5) is 0 Å². The molecule has 7 N–H and O–H groups in total. The third-order valence-electron chi connectivity index (χ3n) is 9.18. The summed E-state index contributed by atoms with van der Waals surface area (Å²) in [5, 5.41) is 11.3. The van der Waals surface area contributed by atoms with Crippen molar-refractivity contribution in [1.29, 1.82) is 0 Å². The van der Waals surface area contributed by atoms with Gasteiger partial charge >= 0.3 is 0 Å². The molecule has 4 atom stereocenters. The number of primary amides is 1. The summed E-state index contributed by atoms with van der Waals surface area (Å²) in [7, 11) is -4.30. The van der Waals surface area contributed by atoms with Gasteiger partial charge in [-0.05, 0) is 86.1 Å². The van der Waals surface area contributed by atoms with Crippen LogP contribution in [0.5, 0.6) is 5.75 Å². The van der Waals surface area contributed by atoms with Gasteiger partial charge < -0.3 is 31.7 Å². The van der Waals surface area contributed by atoms with E-state index in [9.17, 15) is 32.4 Å². The quantitative estimate of drug-likeness (QED) is 0.185. The molecule has 0 radical (unpaired) electrons. The molecule has 1 fully saturated rings. The van der Waals surface area contributed by atoms with Gasteiger partial charge in [-0.2, -0.15) is 4.72 Å². The number of carbonyl (C=O) groups excluding carboxylic acids is 5. The molecule has 14 nitrogen and oxygen atoms in total. The number of hydrogen-bond acceptors (Lipinski definition) is 8. The Balaban J connectivity index is 1.44. The molecule has 1 saturated carbocycles. The summed E-state index contributed by atoms with van der Waals surface area (Å²) in [4.78, 5) is 66.0. The van der Waals surface area contributed by atoms with Crippen LogP contribution in [0.1, 0.15) is 61.5 Å². The lowest BCUT2D eigenvalue weighted by atomic mass is 10.0. The van der Waals surface area contributed by atoms with Gasteiger partial charge in [0.25, 0.3) is 0 Å². The highest BCUT2D eigenvalue weighted by Gasteiger charge is 2.52. The van der Waals surface area contributed by atoms with Crippen molar-refractivity contribution in [2.45, 2.75) is 87.5 Å². The van der Waals surface area contributed by atoms with E-state index in [4.69, 9.17) is 10.5 Å². The fourth-order valence-corrected chi connectivity index (χ4v) is 7.24. The average Bonchev–Trinajstić information content (AvgIpc) is 3.91. The lowest BCUT2D eigenvalue weighted by Crippen LogP contribution is -2.59. The maximum atomic E-state index is 13.8. The van der Waals surface area contributed by atoms with E-state index in [1.54, 1.807) is 24.3 Å². The maximum absolute atomic E-state index is 13.8. The summed E-state index contributed by atoms with van der Waals surface area (Å²) in [6.45, 7) is 5.61. The van der Waals surface area contributed by atoms with Crippen molar-refractivity contribution in [3.8, 4) is 5.75 Å². The predicted octanol–water partition coefficient (Wildman–Crippen LogP) is 1.48. The number of fused-ring (bicyclic) bond motifs is 15. The summed E-state index contributed by atoms with van der Waals surface area (Å²) < 4.78 is 35.4. The Morgan fingerprint density at radius 3 is 2.15 bits per heavy atom. The first kappa shape index (κ1) is 38.9. The number of rotatable bonds is 8. The van der Waals surface area contributed by atoms with E-state index in [1.807, 2.05) is 44.2 Å². The Bertz CT molecular complexity index is 1920. The van der Waals surface area contributed by atoms with Crippen LogP contribution in [0, 0.1) is 5.92 Å². The molecule has 0 unspecified atom stereocenters. The second-order valence-corrected chi connectivity index (χ2v) is 15.8. The number of nitrogens with one attached hydrogen (secondary N) is 5. The number of amides is 5. The van der Waals surface area contributed by atoms with E-state index in [1.165, 1.54) is 31.2 Å². The zero-order valence-electron chi connectivity index (χ0n) is 29.9. The first-order valence-corrected chi connectivity index (χ1v) is 19.0. The standard InChI is InChI=1S/C38H46N6O8S/c1-23(2)19-28-22-52-29-13-9-26(10-14-29)21-32(44-53(50,51)30-15-11-27(12-16-30)33(39)45)36(48)40-24(3)34(46)43-38(17-18-38)37(49)42-31(35(47)41-28)20-25-7-5-4-6-8-25/h4-16,23-24,28,31-32,44H,17-22H2,1-3H3,(H2,39,45)(H,40,48)(H,41,47)(H,42,49)(H,43,46)/t24-,28+,31-,32+/m1/s1. The van der Waals surface area contributed by atoms with Crippen molar-refractivity contribution in [3.63, 3.8) is 0 Å². The van der Waals surface area contributed by atoms with Gasteiger partial charge in [-0.25, -0.2) is 8.42 Å². The molecule has 2 aliphatic heterocycles. The van der Waals surface area contributed by atoms with Crippen LogP contribution >= 0.6 is 0 Å². The van der Waals surface area contributed by atoms with Gasteiger partial charge in [-0.3, -0.25) is 24.0 Å². The van der Waals surface area contributed by atoms with Gasteiger partial charge in [0.15, 0.2) is 0 Å². The molecule has 15 heteroatoms. The fraction of sp³-hybridized carbons (Fsp3) is 0.395. The minimum absolute atomic E-state index is 0.0970. The minimum Gasteiger partial charge on any atom is -0.491 e. The van der Waals surface area contributed by atoms with Crippen molar-refractivity contribution in [3.05, 3.63) is 95.6 Å². The van der Waals surface area contributed by atoms with Gasteiger partial charge in [-0.1, -0.05) is 56.3 Å². The molecule has 0 saturated heterocycles. The van der Waals surface area contributed by atoms with Crippen molar-refractivity contribution in [1.82, 2.24) is 26.0 Å². The maximum Gasteiger partial charge on any atom is 0.248 e. The molecule has 3 aliphatic rings. The van der Waals surface area contributed by atoms with Crippen LogP contribution in [-0.2, 0) is 42.0 Å². The Morgan fingerprint density at radius 1 is 0.887 bits per heavy atom. The average molecular weight is 747 g/mol. The molecule has 3 aromatic carbocycles. The smallest absolute Gasteiger partial charge is 0.248 e. The van der Waals surface area contributed by atoms with E-state index in [0.717, 1.165) is 5.56 Å². The number of nitrogens with two attached hydrogens (primary N) is 1. The van der Waals surface area contributed by atoms with E-state index in [-0.39, 0.29) is 41.7 Å². The van der Waals surface area contributed by atoms with Crippen molar-refractivity contribution < 1.29 is 37.1 Å². The summed E-state index contributed by atoms with van der Waals surface area (Å²) in [5.41, 5.74) is 5.53. The highest BCUT2D eigenvalue weighted by atomic mass is 32.2. The predicted molar refractivity (Wildman–Crippen MR) is 196 cm³/mol. The third-order valence-corrected chi connectivity index (χ3v) is 10.7. The van der Waals surface area contributed by atoms with Crippen molar-refractivity contribution >= 4 is 39.6 Å². The van der Waals surface area contributed by atoms with Crippen molar-refractivity contribution in [2.75, 3.05) is 6.61 Å². The number of benzene rings is 3. The molecule has 53 heavy (non-hydrogen) atoms. The Morgan fingerprint density at radius 2 is 1.55 bits per heavy atom. The Hall–Kier alpha value is -5.28. The first-order valence-electron chi connectivity index (χ1n) is 17.6. The highest BCUT2D eigenvalue weighted by molar-refractivity contribution is 7.89. The van der Waals surface area contributed by atoms with Gasteiger partial charge in [0.1, 0.15) is 36.0 Å². The molecule has 2 bridgehead atoms. The van der Waals surface area contributed by atoms with Crippen LogP contribution in [0.2, 0.25) is 0 Å². The first-order chi connectivity index (χ1) is 25.1. The van der Waals surface area contributed by atoms with Crippen molar-refractivity contribution in [2.24, 2.45) is 11.7 Å². The Labute approximate surface area is 309 Å². The molecular formula is C38H46N6O8S. The SMILES string of the molecule is CC(C)C[C@H]1COc2ccc(cc2)C[C@H](NS(=O)(=O)c2ccc(C(N)=O)cc2)C(=O)N[C@H](C)C(=O)NC2(CC2)C(=O)N[C@H](Cc2ccccc2)C(=O)N1. The summed E-state index contributed by atoms with van der Waals surface area (Å²) in [6.07, 6.45) is 1.34. The van der Waals surface area contributed by atoms with Crippen LogP contribution in [0.3, 0.4) is 0 Å². The number of ether oxygens (including phenoxy) is 1. The zero-order valence-corrected chi connectivity index (χ0v) is 30.7. The Kier molecular flexibility index (Phi) is 12.2. The molecular weight excluding hydrogens is 701 g/mol. The van der Waals surface area contributed by atoms with E-state index in [2.05, 4.69) is 26.0 Å². The zero-order chi connectivity index (χ0) is 38.3. The second-order valence-electron chi connectivity index (χ2n) is 14.1. The van der Waals surface area contributed by atoms with Crippen LogP contribution < -0.4 is 36.5 Å². The largest absolute Gasteiger partial charge is 0.491 e. The second kappa shape index (κ2) is 16.6. The molecule has 282 valence electrons. The van der Waals surface area contributed by atoms with Gasteiger partial charge in [0.2, 0.25) is 39.6 Å². The summed E-state index contributed by atoms with van der Waals surface area (Å²) in [5.74, 6) is -2.40. The number of hydrogen-bond donors (Lipinski definition) is 6.